The van der Waals surface area contributed by atoms with E-state index >= 15 is 0 Å². The van der Waals surface area contributed by atoms with E-state index in [2.05, 4.69) is 155 Å². The molecule has 0 N–H and O–H groups in total. The van der Waals surface area contributed by atoms with Gasteiger partial charge in [-0.1, -0.05) is 0 Å². The Hall–Kier alpha value is -6.70. The van der Waals surface area contributed by atoms with Crippen LogP contribution >= 0.6 is 0 Å². The van der Waals surface area contributed by atoms with Crippen molar-refractivity contribution in [2.75, 3.05) is 9.80 Å². The molecule has 6 heteroatoms. The molecule has 54 heavy (non-hydrogen) atoms. The summed E-state index contributed by atoms with van der Waals surface area (Å²) in [5, 5.41) is 0. The van der Waals surface area contributed by atoms with Crippen LogP contribution in [-0.2, 0) is 0 Å². The van der Waals surface area contributed by atoms with Gasteiger partial charge in [0, 0.05) is 0 Å². The molecule has 0 saturated heterocycles. The minimum absolute atomic E-state index is 0.816. The van der Waals surface area contributed by atoms with Crippen LogP contribution in [-0.4, -0.2) is 13.3 Å². The molecule has 0 unspecified atom stereocenters. The number of benzene rings is 8. The quantitative estimate of drug-likeness (QED) is 0.167. The van der Waals surface area contributed by atoms with Gasteiger partial charge >= 0.3 is 318 Å². The maximum atomic E-state index is 7.22. The van der Waals surface area contributed by atoms with Crippen molar-refractivity contribution >= 4 is 65.0 Å². The molecule has 8 aromatic rings. The molecule has 0 atom stereocenters. The van der Waals surface area contributed by atoms with Crippen LogP contribution in [0.1, 0.15) is 0 Å². The number of ether oxygens (including phenoxy) is 3. The van der Waals surface area contributed by atoms with E-state index in [9.17, 15) is 0 Å². The van der Waals surface area contributed by atoms with Gasteiger partial charge in [-0.2, -0.15) is 0 Å². The first-order valence-electron chi connectivity index (χ1n) is 18.2. The molecule has 3 aliphatic rings. The van der Waals surface area contributed by atoms with Gasteiger partial charge in [-0.05, 0) is 0 Å². The van der Waals surface area contributed by atoms with E-state index in [4.69, 9.17) is 14.2 Å². The second-order valence-electron chi connectivity index (χ2n) is 13.7. The average molecular weight is 757 g/mol. The van der Waals surface area contributed by atoms with Crippen LogP contribution in [0, 0.1) is 0 Å². The summed E-state index contributed by atoms with van der Waals surface area (Å²) >= 11 is -3.70. The third-order valence-corrected chi connectivity index (χ3v) is 20.9. The van der Waals surface area contributed by atoms with Gasteiger partial charge in [0.05, 0.1) is 0 Å². The van der Waals surface area contributed by atoms with Crippen molar-refractivity contribution in [2.24, 2.45) is 0 Å². The number of para-hydroxylation sites is 8. The van der Waals surface area contributed by atoms with Crippen LogP contribution in [0.2, 0.25) is 0 Å². The van der Waals surface area contributed by atoms with Gasteiger partial charge in [0.2, 0.25) is 0 Å². The van der Waals surface area contributed by atoms with Gasteiger partial charge in [-0.3, -0.25) is 0 Å². The summed E-state index contributed by atoms with van der Waals surface area (Å²) in [6.07, 6.45) is 0. The molecular weight excluding hydrogens is 725 g/mol. The molecule has 0 fully saturated rings. The molecule has 0 bridgehead atoms. The van der Waals surface area contributed by atoms with E-state index in [1.165, 1.54) is 17.6 Å². The predicted octanol–water partition coefficient (Wildman–Crippen LogP) is 10.3. The molecule has 0 amide bonds. The molecule has 0 saturated carbocycles. The molecule has 0 radical (unpaired) electrons. The number of hydrogen-bond acceptors (Lipinski definition) is 5. The van der Waals surface area contributed by atoms with Gasteiger partial charge in [0.25, 0.3) is 0 Å². The molecule has 3 aliphatic heterocycles. The van der Waals surface area contributed by atoms with Crippen molar-refractivity contribution in [3.05, 3.63) is 194 Å². The summed E-state index contributed by atoms with van der Waals surface area (Å²) in [5.74, 6) is 5.00. The Bertz CT molecular complexity index is 2460. The zero-order valence-electron chi connectivity index (χ0n) is 29.1. The van der Waals surface area contributed by atoms with E-state index in [0.29, 0.717) is 0 Å². The van der Waals surface area contributed by atoms with Crippen LogP contribution in [0.5, 0.6) is 34.5 Å². The molecule has 8 aromatic carbocycles. The van der Waals surface area contributed by atoms with Crippen molar-refractivity contribution in [3.8, 4) is 34.5 Å². The topological polar surface area (TPSA) is 34.2 Å². The zero-order valence-corrected chi connectivity index (χ0v) is 31.2. The van der Waals surface area contributed by atoms with E-state index in [1.807, 2.05) is 48.5 Å². The van der Waals surface area contributed by atoms with E-state index < -0.39 is 13.3 Å². The molecule has 5 nitrogen and oxygen atoms in total. The van der Waals surface area contributed by atoms with E-state index in [-0.39, 0.29) is 0 Å². The van der Waals surface area contributed by atoms with Crippen LogP contribution in [0.15, 0.2) is 194 Å². The normalized spacial score (nSPS) is 14.1. The van der Waals surface area contributed by atoms with Crippen LogP contribution in [0.4, 0.5) is 34.1 Å². The number of rotatable bonds is 4. The first-order chi connectivity index (χ1) is 26.8. The van der Waals surface area contributed by atoms with Crippen LogP contribution in [0.3, 0.4) is 0 Å². The number of nitrogens with zero attached hydrogens (tertiary/aromatic N) is 2. The fourth-order valence-electron chi connectivity index (χ4n) is 8.48. The first-order valence-corrected chi connectivity index (χ1v) is 22.4. The molecule has 0 spiro atoms. The van der Waals surface area contributed by atoms with Crippen LogP contribution in [0.25, 0.3) is 0 Å². The Morgan fingerprint density at radius 3 is 0.981 bits per heavy atom. The van der Waals surface area contributed by atoms with Gasteiger partial charge in [0.15, 0.2) is 0 Å². The second kappa shape index (κ2) is 12.2. The Morgan fingerprint density at radius 2 is 0.611 bits per heavy atom. The first kappa shape index (κ1) is 30.9. The van der Waals surface area contributed by atoms with Crippen LogP contribution < -0.4 is 41.6 Å². The summed E-state index contributed by atoms with van der Waals surface area (Å²) in [4.78, 5) is 4.57. The Balaban J connectivity index is 1.16. The number of anilines is 6. The Kier molecular flexibility index (Phi) is 6.97. The summed E-state index contributed by atoms with van der Waals surface area (Å²) in [5.41, 5.74) is 5.95. The van der Waals surface area contributed by atoms with Gasteiger partial charge in [0.1, 0.15) is 0 Å². The SMILES string of the molecule is c1cc[c]([Ge]2([c]3ccccc3)[c]3ccc(N4c5ccccc5Oc5ccccc54)cc3Oc3cc(N4c5ccccc5Oc5ccccc54)cc[c]32)cc1. The average Bonchev–Trinajstić information content (AvgIpc) is 3.24. The Morgan fingerprint density at radius 1 is 0.296 bits per heavy atom. The summed E-state index contributed by atoms with van der Waals surface area (Å²) in [7, 11) is 0. The minimum atomic E-state index is -3.70. The molecule has 11 rings (SSSR count). The van der Waals surface area contributed by atoms with Gasteiger partial charge in [-0.15, -0.1) is 0 Å². The van der Waals surface area contributed by atoms with Gasteiger partial charge < -0.3 is 0 Å². The zero-order chi connectivity index (χ0) is 35.6. The number of fused-ring (bicyclic) bond motifs is 6. The van der Waals surface area contributed by atoms with Crippen molar-refractivity contribution in [3.63, 3.8) is 0 Å². The van der Waals surface area contributed by atoms with E-state index in [1.54, 1.807) is 0 Å². The predicted molar refractivity (Wildman–Crippen MR) is 220 cm³/mol. The van der Waals surface area contributed by atoms with Crippen molar-refractivity contribution in [1.82, 2.24) is 0 Å². The monoisotopic (exact) mass is 758 g/mol. The van der Waals surface area contributed by atoms with Crippen molar-refractivity contribution in [1.29, 1.82) is 0 Å². The third-order valence-electron chi connectivity index (χ3n) is 10.8. The number of hydrogen-bond donors (Lipinski definition) is 0. The summed E-state index contributed by atoms with van der Waals surface area (Å²) in [6, 6.07) is 68.7. The molecule has 256 valence electrons. The third kappa shape index (κ3) is 4.58. The fraction of sp³-hybridized carbons (Fsp3) is 0. The Labute approximate surface area is 316 Å². The molecule has 3 heterocycles. The van der Waals surface area contributed by atoms with Crippen molar-refractivity contribution in [2.45, 2.75) is 0 Å². The summed E-state index contributed by atoms with van der Waals surface area (Å²) < 4.78 is 25.2. The van der Waals surface area contributed by atoms with Crippen molar-refractivity contribution < 1.29 is 14.2 Å². The molecule has 0 aliphatic carbocycles. The standard InChI is InChI=1S/C48H32GeN2O3/c1-3-15-33(16-4-1)49(34-17-5-2-6-18-34)37-29-27-35(50-39-19-7-11-23-43(39)52-44-24-12-8-20-40(44)50)31-47(37)54-48-32-36(28-30-38(48)49)51-41-21-9-13-25-45(41)53-46-26-14-10-22-42(46)51/h1-32H. The molecule has 0 aromatic heterocycles. The van der Waals surface area contributed by atoms with E-state index in [0.717, 1.165) is 68.6 Å². The second-order valence-corrected chi connectivity index (χ2v) is 21.5. The fourth-order valence-corrected chi connectivity index (χ4v) is 18.8. The van der Waals surface area contributed by atoms with Gasteiger partial charge in [-0.25, -0.2) is 0 Å². The molecular formula is C48H32GeN2O3. The summed E-state index contributed by atoms with van der Waals surface area (Å²) in [6.45, 7) is 0. The maximum absolute atomic E-state index is 7.22.